The highest BCUT2D eigenvalue weighted by Crippen LogP contribution is 2.19. The lowest BCUT2D eigenvalue weighted by molar-refractivity contribution is 0.0960. The van der Waals surface area contributed by atoms with Gasteiger partial charge < -0.3 is 5.32 Å². The number of nitrogens with one attached hydrogen (secondary N) is 1. The van der Waals surface area contributed by atoms with E-state index in [1.54, 1.807) is 48.5 Å². The molecular weight excluding hydrogens is 310 g/mol. The van der Waals surface area contributed by atoms with Crippen LogP contribution in [0.1, 0.15) is 10.4 Å². The molecule has 0 saturated carbocycles. The molecule has 3 rings (SSSR count). The molecule has 3 aromatic rings. The molecule has 0 bridgehead atoms. The van der Waals surface area contributed by atoms with E-state index in [2.05, 4.69) is 5.32 Å². The van der Waals surface area contributed by atoms with E-state index >= 15 is 0 Å². The molecule has 4 nitrogen and oxygen atoms in total. The van der Waals surface area contributed by atoms with Gasteiger partial charge in [0.2, 0.25) is 0 Å². The number of hydrogen-bond donors (Lipinski definition) is 1. The van der Waals surface area contributed by atoms with Gasteiger partial charge in [0, 0.05) is 5.56 Å². The van der Waals surface area contributed by atoms with Crippen LogP contribution in [-0.4, -0.2) is 20.2 Å². The second-order valence-corrected chi connectivity index (χ2v) is 7.13. The van der Waals surface area contributed by atoms with Gasteiger partial charge in [0.15, 0.2) is 9.84 Å². The van der Waals surface area contributed by atoms with Gasteiger partial charge in [-0.05, 0) is 35.0 Å². The van der Waals surface area contributed by atoms with Crippen molar-refractivity contribution in [3.8, 4) is 0 Å². The van der Waals surface area contributed by atoms with Crippen LogP contribution in [0.4, 0.5) is 0 Å². The Labute approximate surface area is 134 Å². The van der Waals surface area contributed by atoms with E-state index < -0.39 is 21.6 Å². The predicted octanol–water partition coefficient (Wildman–Crippen LogP) is 3.00. The fraction of sp³-hybridized carbons (Fsp3) is 0.0556. The zero-order valence-electron chi connectivity index (χ0n) is 12.3. The van der Waals surface area contributed by atoms with Crippen molar-refractivity contribution in [3.63, 3.8) is 0 Å². The lowest BCUT2D eigenvalue weighted by Crippen LogP contribution is -2.29. The Morgan fingerprint density at radius 2 is 1.48 bits per heavy atom. The first-order valence-corrected chi connectivity index (χ1v) is 8.76. The minimum atomic E-state index is -3.59. The van der Waals surface area contributed by atoms with E-state index in [4.69, 9.17) is 0 Å². The standard InChI is InChI=1S/C18H15NO3S/c20-18(15-7-2-1-3-8-15)19-13-23(21,22)17-11-10-14-6-4-5-9-16(14)12-17/h1-12H,13H2,(H,19,20). The molecule has 0 radical (unpaired) electrons. The molecule has 0 saturated heterocycles. The summed E-state index contributed by atoms with van der Waals surface area (Å²) in [7, 11) is -3.59. The van der Waals surface area contributed by atoms with E-state index in [-0.39, 0.29) is 4.90 Å². The quantitative estimate of drug-likeness (QED) is 0.802. The van der Waals surface area contributed by atoms with E-state index in [0.717, 1.165) is 10.8 Å². The minimum Gasteiger partial charge on any atom is -0.338 e. The highest BCUT2D eigenvalue weighted by molar-refractivity contribution is 7.91. The number of sulfone groups is 1. The van der Waals surface area contributed by atoms with Crippen LogP contribution in [0.3, 0.4) is 0 Å². The lowest BCUT2D eigenvalue weighted by Gasteiger charge is -2.08. The van der Waals surface area contributed by atoms with Crippen molar-refractivity contribution in [2.45, 2.75) is 4.90 Å². The van der Waals surface area contributed by atoms with Crippen LogP contribution in [0.5, 0.6) is 0 Å². The Morgan fingerprint density at radius 1 is 0.826 bits per heavy atom. The summed E-state index contributed by atoms with van der Waals surface area (Å²) < 4.78 is 24.8. The third-order valence-corrected chi connectivity index (χ3v) is 5.04. The Hall–Kier alpha value is -2.66. The molecule has 0 atom stereocenters. The molecule has 0 spiro atoms. The topological polar surface area (TPSA) is 63.2 Å². The molecule has 0 aliphatic heterocycles. The number of rotatable bonds is 4. The van der Waals surface area contributed by atoms with Crippen molar-refractivity contribution in [3.05, 3.63) is 78.4 Å². The highest BCUT2D eigenvalue weighted by atomic mass is 32.2. The smallest absolute Gasteiger partial charge is 0.252 e. The number of benzene rings is 3. The summed E-state index contributed by atoms with van der Waals surface area (Å²) in [6, 6.07) is 21.0. The highest BCUT2D eigenvalue weighted by Gasteiger charge is 2.16. The fourth-order valence-electron chi connectivity index (χ4n) is 2.30. The maximum absolute atomic E-state index is 12.4. The van der Waals surface area contributed by atoms with Crippen LogP contribution in [0.2, 0.25) is 0 Å². The van der Waals surface area contributed by atoms with Gasteiger partial charge in [-0.2, -0.15) is 0 Å². The molecule has 116 valence electrons. The predicted molar refractivity (Wildman–Crippen MR) is 89.9 cm³/mol. The van der Waals surface area contributed by atoms with Gasteiger partial charge in [0.1, 0.15) is 5.88 Å². The van der Waals surface area contributed by atoms with Crippen molar-refractivity contribution < 1.29 is 13.2 Å². The molecule has 0 unspecified atom stereocenters. The van der Waals surface area contributed by atoms with Gasteiger partial charge >= 0.3 is 0 Å². The van der Waals surface area contributed by atoms with Gasteiger partial charge in [-0.1, -0.05) is 48.5 Å². The van der Waals surface area contributed by atoms with Crippen LogP contribution < -0.4 is 5.32 Å². The van der Waals surface area contributed by atoms with Crippen molar-refractivity contribution in [1.82, 2.24) is 5.32 Å². The number of carbonyl (C=O) groups is 1. The SMILES string of the molecule is O=C(NCS(=O)(=O)c1ccc2ccccc2c1)c1ccccc1. The van der Waals surface area contributed by atoms with Gasteiger partial charge in [-0.15, -0.1) is 0 Å². The third-order valence-electron chi connectivity index (χ3n) is 3.54. The Balaban J connectivity index is 1.79. The summed E-state index contributed by atoms with van der Waals surface area (Å²) in [5, 5.41) is 4.28. The van der Waals surface area contributed by atoms with Crippen molar-refractivity contribution in [2.24, 2.45) is 0 Å². The molecule has 3 aromatic carbocycles. The molecule has 1 N–H and O–H groups in total. The summed E-state index contributed by atoms with van der Waals surface area (Å²) in [6.45, 7) is 0. The first-order chi connectivity index (χ1) is 11.1. The summed E-state index contributed by atoms with van der Waals surface area (Å²) in [5.74, 6) is -0.839. The van der Waals surface area contributed by atoms with Gasteiger partial charge in [0.25, 0.3) is 5.91 Å². The average molecular weight is 325 g/mol. The Kier molecular flexibility index (Phi) is 4.12. The van der Waals surface area contributed by atoms with Crippen molar-refractivity contribution in [2.75, 3.05) is 5.88 Å². The van der Waals surface area contributed by atoms with E-state index in [1.165, 1.54) is 0 Å². The lowest BCUT2D eigenvalue weighted by atomic mass is 10.1. The van der Waals surface area contributed by atoms with Crippen LogP contribution in [-0.2, 0) is 9.84 Å². The first kappa shape index (κ1) is 15.2. The fourth-order valence-corrected chi connectivity index (χ4v) is 3.37. The maximum atomic E-state index is 12.4. The van der Waals surface area contributed by atoms with Crippen LogP contribution >= 0.6 is 0 Å². The van der Waals surface area contributed by atoms with Gasteiger partial charge in [-0.25, -0.2) is 8.42 Å². The van der Waals surface area contributed by atoms with Gasteiger partial charge in [-0.3, -0.25) is 4.79 Å². The van der Waals surface area contributed by atoms with Crippen LogP contribution in [0, 0.1) is 0 Å². The summed E-state index contributed by atoms with van der Waals surface area (Å²) in [5.41, 5.74) is 0.432. The average Bonchev–Trinajstić information content (AvgIpc) is 2.60. The summed E-state index contributed by atoms with van der Waals surface area (Å²) in [6.07, 6.45) is 0. The van der Waals surface area contributed by atoms with Crippen LogP contribution in [0.15, 0.2) is 77.7 Å². The number of carbonyl (C=O) groups excluding carboxylic acids is 1. The second-order valence-electron chi connectivity index (χ2n) is 5.14. The molecule has 0 fully saturated rings. The van der Waals surface area contributed by atoms with E-state index in [0.29, 0.717) is 5.56 Å². The minimum absolute atomic E-state index is 0.199. The molecule has 0 heterocycles. The largest absolute Gasteiger partial charge is 0.338 e. The normalized spacial score (nSPS) is 11.3. The molecule has 0 aliphatic carbocycles. The van der Waals surface area contributed by atoms with Crippen LogP contribution in [0.25, 0.3) is 10.8 Å². The zero-order valence-corrected chi connectivity index (χ0v) is 13.1. The summed E-state index contributed by atoms with van der Waals surface area (Å²) >= 11 is 0. The van der Waals surface area contributed by atoms with Crippen molar-refractivity contribution >= 4 is 26.5 Å². The number of fused-ring (bicyclic) bond motifs is 1. The molecule has 5 heteroatoms. The first-order valence-electron chi connectivity index (χ1n) is 7.11. The molecule has 0 aliphatic rings. The van der Waals surface area contributed by atoms with E-state index in [9.17, 15) is 13.2 Å². The van der Waals surface area contributed by atoms with Crippen molar-refractivity contribution in [1.29, 1.82) is 0 Å². The number of amides is 1. The summed E-state index contributed by atoms with van der Waals surface area (Å²) in [4.78, 5) is 12.2. The molecule has 23 heavy (non-hydrogen) atoms. The number of hydrogen-bond acceptors (Lipinski definition) is 3. The zero-order chi connectivity index (χ0) is 16.3. The molecule has 0 aromatic heterocycles. The molecular formula is C18H15NO3S. The van der Waals surface area contributed by atoms with E-state index in [1.807, 2.05) is 24.3 Å². The Bertz CT molecular complexity index is 950. The maximum Gasteiger partial charge on any atom is 0.252 e. The Morgan fingerprint density at radius 3 is 2.22 bits per heavy atom. The van der Waals surface area contributed by atoms with Gasteiger partial charge in [0.05, 0.1) is 4.90 Å². The monoisotopic (exact) mass is 325 g/mol. The second kappa shape index (κ2) is 6.22. The molecule has 1 amide bonds. The third kappa shape index (κ3) is 3.40.